The molecule has 5 heteroatoms. The van der Waals surface area contributed by atoms with E-state index in [9.17, 15) is 0 Å². The maximum atomic E-state index is 5.70. The molecular formula is C16H20N4O. The van der Waals surface area contributed by atoms with Gasteiger partial charge in [0.15, 0.2) is 0 Å². The Labute approximate surface area is 124 Å². The molecule has 1 aliphatic heterocycles. The number of rotatable bonds is 4. The van der Waals surface area contributed by atoms with E-state index < -0.39 is 0 Å². The predicted octanol–water partition coefficient (Wildman–Crippen LogP) is 3.02. The first kappa shape index (κ1) is 13.7. The van der Waals surface area contributed by atoms with Crippen molar-refractivity contribution >= 4 is 11.6 Å². The number of hydrogen-bond donors (Lipinski definition) is 2. The largest absolute Gasteiger partial charge is 0.493 e. The van der Waals surface area contributed by atoms with Gasteiger partial charge in [0, 0.05) is 31.5 Å². The van der Waals surface area contributed by atoms with E-state index in [1.165, 1.54) is 5.56 Å². The lowest BCUT2D eigenvalue weighted by atomic mass is 10.0. The maximum absolute atomic E-state index is 5.70. The number of benzene rings is 1. The summed E-state index contributed by atoms with van der Waals surface area (Å²) >= 11 is 0. The summed E-state index contributed by atoms with van der Waals surface area (Å²) in [5, 5.41) is 6.60. The van der Waals surface area contributed by atoms with Crippen molar-refractivity contribution < 1.29 is 4.74 Å². The molecule has 0 spiro atoms. The third kappa shape index (κ3) is 2.91. The second-order valence-corrected chi connectivity index (χ2v) is 5.03. The van der Waals surface area contributed by atoms with Crippen LogP contribution in [0.4, 0.5) is 11.6 Å². The molecule has 0 saturated carbocycles. The van der Waals surface area contributed by atoms with Crippen molar-refractivity contribution in [3.05, 3.63) is 41.7 Å². The Morgan fingerprint density at radius 2 is 2.05 bits per heavy atom. The minimum Gasteiger partial charge on any atom is -0.493 e. The van der Waals surface area contributed by atoms with E-state index in [1.54, 1.807) is 0 Å². The summed E-state index contributed by atoms with van der Waals surface area (Å²) in [6, 6.07) is 10.3. The van der Waals surface area contributed by atoms with Crippen LogP contribution in [0, 0.1) is 0 Å². The second kappa shape index (κ2) is 5.99. The number of hydrogen-bond acceptors (Lipinski definition) is 5. The van der Waals surface area contributed by atoms with Gasteiger partial charge in [-0.15, -0.1) is 0 Å². The van der Waals surface area contributed by atoms with Gasteiger partial charge in [-0.25, -0.2) is 9.97 Å². The molecule has 1 aromatic heterocycles. The quantitative estimate of drug-likeness (QED) is 0.903. The molecule has 0 aliphatic carbocycles. The molecule has 2 heterocycles. The van der Waals surface area contributed by atoms with E-state index >= 15 is 0 Å². The van der Waals surface area contributed by atoms with E-state index in [4.69, 9.17) is 4.74 Å². The van der Waals surface area contributed by atoms with Crippen LogP contribution in [0.25, 0.3) is 0 Å². The van der Waals surface area contributed by atoms with Gasteiger partial charge in [-0.3, -0.25) is 0 Å². The van der Waals surface area contributed by atoms with E-state index in [2.05, 4.69) is 33.6 Å². The van der Waals surface area contributed by atoms with Gasteiger partial charge in [-0.05, 0) is 6.07 Å². The van der Waals surface area contributed by atoms with Gasteiger partial charge in [-0.2, -0.15) is 0 Å². The number of nitrogens with zero attached hydrogens (tertiary/aromatic N) is 2. The molecule has 110 valence electrons. The fourth-order valence-corrected chi connectivity index (χ4v) is 2.53. The van der Waals surface area contributed by atoms with E-state index in [-0.39, 0.29) is 6.04 Å². The van der Waals surface area contributed by atoms with Crippen LogP contribution in [0.3, 0.4) is 0 Å². The summed E-state index contributed by atoms with van der Waals surface area (Å²) in [4.78, 5) is 8.98. The predicted molar refractivity (Wildman–Crippen MR) is 83.9 cm³/mol. The van der Waals surface area contributed by atoms with Crippen LogP contribution in [0.15, 0.2) is 30.3 Å². The van der Waals surface area contributed by atoms with Gasteiger partial charge in [-0.1, -0.05) is 25.1 Å². The average molecular weight is 284 g/mol. The third-order valence-corrected chi connectivity index (χ3v) is 3.63. The van der Waals surface area contributed by atoms with Crippen molar-refractivity contribution in [1.29, 1.82) is 0 Å². The number of nitrogens with one attached hydrogen (secondary N) is 2. The average Bonchev–Trinajstić information content (AvgIpc) is 2.55. The first-order valence-electron chi connectivity index (χ1n) is 7.34. The lowest BCUT2D eigenvalue weighted by Gasteiger charge is -2.27. The molecule has 0 bridgehead atoms. The maximum Gasteiger partial charge on any atom is 0.132 e. The highest BCUT2D eigenvalue weighted by Gasteiger charge is 2.21. The molecule has 1 aromatic carbocycles. The molecular weight excluding hydrogens is 264 g/mol. The first-order chi connectivity index (χ1) is 10.3. The molecule has 5 nitrogen and oxygen atoms in total. The Kier molecular flexibility index (Phi) is 3.90. The monoisotopic (exact) mass is 284 g/mol. The van der Waals surface area contributed by atoms with E-state index in [0.717, 1.165) is 42.7 Å². The Morgan fingerprint density at radius 1 is 1.24 bits per heavy atom. The summed E-state index contributed by atoms with van der Waals surface area (Å²) in [6.45, 7) is 2.78. The van der Waals surface area contributed by atoms with E-state index in [0.29, 0.717) is 0 Å². The first-order valence-corrected chi connectivity index (χ1v) is 7.34. The lowest BCUT2D eigenvalue weighted by Crippen LogP contribution is -2.21. The van der Waals surface area contributed by atoms with Gasteiger partial charge >= 0.3 is 0 Å². The highest BCUT2D eigenvalue weighted by Crippen LogP contribution is 2.33. The standard InChI is InChI=1S/C16H20N4O/c1-3-14-19-15(17-2)10-16(20-14)18-12-8-9-21-13-7-5-4-6-11(12)13/h4-7,10,12H,3,8-9H2,1-2H3,(H2,17,18,19,20). The van der Waals surface area contributed by atoms with Crippen LogP contribution in [0.5, 0.6) is 5.75 Å². The Morgan fingerprint density at radius 3 is 2.86 bits per heavy atom. The van der Waals surface area contributed by atoms with Crippen molar-refractivity contribution in [2.45, 2.75) is 25.8 Å². The van der Waals surface area contributed by atoms with Crippen LogP contribution < -0.4 is 15.4 Å². The second-order valence-electron chi connectivity index (χ2n) is 5.03. The zero-order valence-corrected chi connectivity index (χ0v) is 12.4. The van der Waals surface area contributed by atoms with Gasteiger partial charge < -0.3 is 15.4 Å². The van der Waals surface area contributed by atoms with E-state index in [1.807, 2.05) is 31.3 Å². The highest BCUT2D eigenvalue weighted by atomic mass is 16.5. The highest BCUT2D eigenvalue weighted by molar-refractivity contribution is 5.50. The number of fused-ring (bicyclic) bond motifs is 1. The Hall–Kier alpha value is -2.30. The zero-order valence-electron chi connectivity index (χ0n) is 12.4. The van der Waals surface area contributed by atoms with Crippen molar-refractivity contribution in [2.75, 3.05) is 24.3 Å². The molecule has 2 N–H and O–H groups in total. The summed E-state index contributed by atoms with van der Waals surface area (Å²) in [5.41, 5.74) is 1.19. The molecule has 2 aromatic rings. The number of anilines is 2. The molecule has 3 rings (SSSR count). The van der Waals surface area contributed by atoms with Gasteiger partial charge in [0.25, 0.3) is 0 Å². The van der Waals surface area contributed by atoms with Crippen LogP contribution in [-0.4, -0.2) is 23.6 Å². The molecule has 1 atom stereocenters. The summed E-state index contributed by atoms with van der Waals surface area (Å²) < 4.78 is 5.70. The molecule has 0 saturated heterocycles. The number of aryl methyl sites for hydroxylation is 1. The third-order valence-electron chi connectivity index (χ3n) is 3.63. The van der Waals surface area contributed by atoms with Crippen LogP contribution >= 0.6 is 0 Å². The van der Waals surface area contributed by atoms with Gasteiger partial charge in [0.1, 0.15) is 23.2 Å². The number of ether oxygens (including phenoxy) is 1. The summed E-state index contributed by atoms with van der Waals surface area (Å²) in [7, 11) is 1.87. The lowest BCUT2D eigenvalue weighted by molar-refractivity contribution is 0.274. The minimum absolute atomic E-state index is 0.222. The molecule has 1 aliphatic rings. The molecule has 0 amide bonds. The summed E-state index contributed by atoms with van der Waals surface area (Å²) in [5.74, 6) is 3.49. The molecule has 21 heavy (non-hydrogen) atoms. The van der Waals surface area contributed by atoms with Crippen LogP contribution in [0.2, 0.25) is 0 Å². The Balaban J connectivity index is 1.87. The van der Waals surface area contributed by atoms with Crippen molar-refractivity contribution in [2.24, 2.45) is 0 Å². The summed E-state index contributed by atoms with van der Waals surface area (Å²) in [6.07, 6.45) is 1.74. The van der Waals surface area contributed by atoms with Crippen molar-refractivity contribution in [1.82, 2.24) is 9.97 Å². The molecule has 1 unspecified atom stereocenters. The van der Waals surface area contributed by atoms with Crippen molar-refractivity contribution in [3.63, 3.8) is 0 Å². The SMILES string of the molecule is CCc1nc(NC)cc(NC2CCOc3ccccc32)n1. The van der Waals surface area contributed by atoms with Gasteiger partial charge in [0.05, 0.1) is 12.6 Å². The number of aromatic nitrogens is 2. The van der Waals surface area contributed by atoms with Crippen molar-refractivity contribution in [3.8, 4) is 5.75 Å². The molecule has 0 radical (unpaired) electrons. The fourth-order valence-electron chi connectivity index (χ4n) is 2.53. The topological polar surface area (TPSA) is 59.1 Å². The molecule has 0 fully saturated rings. The fraction of sp³-hybridized carbons (Fsp3) is 0.375. The van der Waals surface area contributed by atoms with Gasteiger partial charge in [0.2, 0.25) is 0 Å². The Bertz CT molecular complexity index is 607. The number of para-hydroxylation sites is 1. The normalized spacial score (nSPS) is 16.8. The van der Waals surface area contributed by atoms with Crippen LogP contribution in [-0.2, 0) is 6.42 Å². The zero-order chi connectivity index (χ0) is 14.7. The van der Waals surface area contributed by atoms with Crippen LogP contribution in [0.1, 0.15) is 30.8 Å². The smallest absolute Gasteiger partial charge is 0.132 e. The minimum atomic E-state index is 0.222.